The molecule has 3 N–H and O–H groups in total. The van der Waals surface area contributed by atoms with Crippen molar-refractivity contribution in [3.8, 4) is 5.75 Å². The van der Waals surface area contributed by atoms with Crippen LogP contribution in [0.5, 0.6) is 5.75 Å². The van der Waals surface area contributed by atoms with Gasteiger partial charge in [0.15, 0.2) is 0 Å². The van der Waals surface area contributed by atoms with E-state index in [9.17, 15) is 15.3 Å². The molecule has 0 bridgehead atoms. The van der Waals surface area contributed by atoms with Gasteiger partial charge in [0, 0.05) is 0 Å². The summed E-state index contributed by atoms with van der Waals surface area (Å²) in [5.74, 6) is 1.88. The van der Waals surface area contributed by atoms with E-state index in [2.05, 4.69) is 13.0 Å². The Morgan fingerprint density at radius 1 is 1.19 bits per heavy atom. The maximum absolute atomic E-state index is 10.4. The predicted octanol–water partition coefficient (Wildman–Crippen LogP) is 2.58. The third kappa shape index (κ3) is 1.80. The Labute approximate surface area is 125 Å². The van der Waals surface area contributed by atoms with Crippen LogP contribution in [-0.4, -0.2) is 27.5 Å². The van der Waals surface area contributed by atoms with E-state index in [0.29, 0.717) is 23.5 Å². The van der Waals surface area contributed by atoms with Crippen LogP contribution in [0.3, 0.4) is 0 Å². The molecule has 2 fully saturated rings. The van der Waals surface area contributed by atoms with E-state index >= 15 is 0 Å². The summed E-state index contributed by atoms with van der Waals surface area (Å²) in [7, 11) is 0. The fourth-order valence-electron chi connectivity index (χ4n) is 5.56. The lowest BCUT2D eigenvalue weighted by Gasteiger charge is -2.49. The van der Waals surface area contributed by atoms with E-state index in [1.165, 1.54) is 11.1 Å². The number of aryl methyl sites for hydroxylation is 1. The summed E-state index contributed by atoms with van der Waals surface area (Å²) in [6.45, 7) is 2.17. The summed E-state index contributed by atoms with van der Waals surface area (Å²) in [4.78, 5) is 0. The van der Waals surface area contributed by atoms with Crippen molar-refractivity contribution in [1.82, 2.24) is 0 Å². The molecule has 0 heterocycles. The summed E-state index contributed by atoms with van der Waals surface area (Å²) in [5, 5.41) is 30.2. The van der Waals surface area contributed by atoms with Gasteiger partial charge in [-0.25, -0.2) is 0 Å². The number of aromatic hydroxyl groups is 1. The Kier molecular flexibility index (Phi) is 2.89. The van der Waals surface area contributed by atoms with Crippen LogP contribution < -0.4 is 0 Å². The summed E-state index contributed by atoms with van der Waals surface area (Å²) in [6, 6.07) is 5.80. The monoisotopic (exact) mass is 288 g/mol. The molecule has 0 saturated heterocycles. The Hall–Kier alpha value is -1.06. The molecule has 114 valence electrons. The van der Waals surface area contributed by atoms with Crippen molar-refractivity contribution >= 4 is 0 Å². The molecule has 3 aliphatic rings. The fraction of sp³-hybridized carbons (Fsp3) is 0.667. The van der Waals surface area contributed by atoms with E-state index in [1.54, 1.807) is 6.07 Å². The lowest BCUT2D eigenvalue weighted by Crippen LogP contribution is -2.44. The maximum atomic E-state index is 10.4. The van der Waals surface area contributed by atoms with Gasteiger partial charge in [-0.3, -0.25) is 0 Å². The van der Waals surface area contributed by atoms with Crippen LogP contribution in [0.25, 0.3) is 0 Å². The average molecular weight is 288 g/mol. The van der Waals surface area contributed by atoms with Gasteiger partial charge < -0.3 is 15.3 Å². The van der Waals surface area contributed by atoms with Crippen LogP contribution in [0.1, 0.15) is 49.7 Å². The topological polar surface area (TPSA) is 60.7 Å². The first-order valence-corrected chi connectivity index (χ1v) is 8.18. The average Bonchev–Trinajstić information content (AvgIpc) is 2.70. The highest BCUT2D eigenvalue weighted by atomic mass is 16.3. The van der Waals surface area contributed by atoms with E-state index < -0.39 is 12.2 Å². The molecule has 0 amide bonds. The second kappa shape index (κ2) is 4.47. The Bertz CT molecular complexity index is 570. The zero-order chi connectivity index (χ0) is 14.8. The predicted molar refractivity (Wildman–Crippen MR) is 80.1 cm³/mol. The molecular weight excluding hydrogens is 264 g/mol. The van der Waals surface area contributed by atoms with Gasteiger partial charge in [-0.05, 0) is 78.5 Å². The zero-order valence-electron chi connectivity index (χ0n) is 12.5. The van der Waals surface area contributed by atoms with Gasteiger partial charge in [0.2, 0.25) is 0 Å². The molecule has 21 heavy (non-hydrogen) atoms. The first-order chi connectivity index (χ1) is 10.0. The third-order valence-corrected chi connectivity index (χ3v) is 6.68. The van der Waals surface area contributed by atoms with Crippen LogP contribution in [0, 0.1) is 17.3 Å². The van der Waals surface area contributed by atoms with Gasteiger partial charge >= 0.3 is 0 Å². The van der Waals surface area contributed by atoms with E-state index in [-0.39, 0.29) is 5.41 Å². The van der Waals surface area contributed by atoms with Crippen molar-refractivity contribution < 1.29 is 15.3 Å². The van der Waals surface area contributed by atoms with Crippen LogP contribution >= 0.6 is 0 Å². The molecule has 0 aliphatic heterocycles. The van der Waals surface area contributed by atoms with Gasteiger partial charge in [0.25, 0.3) is 0 Å². The summed E-state index contributed by atoms with van der Waals surface area (Å²) in [5.41, 5.74) is 2.57. The molecule has 6 atom stereocenters. The first-order valence-electron chi connectivity index (χ1n) is 8.18. The van der Waals surface area contributed by atoms with E-state index in [1.807, 2.05) is 6.07 Å². The molecule has 2 saturated carbocycles. The van der Waals surface area contributed by atoms with Gasteiger partial charge in [-0.1, -0.05) is 13.0 Å². The maximum Gasteiger partial charge on any atom is 0.115 e. The smallest absolute Gasteiger partial charge is 0.115 e. The molecule has 0 spiro atoms. The molecule has 0 radical (unpaired) electrons. The number of hydrogen-bond donors (Lipinski definition) is 3. The van der Waals surface area contributed by atoms with Gasteiger partial charge in [-0.2, -0.15) is 0 Å². The molecule has 4 rings (SSSR count). The summed E-state index contributed by atoms with van der Waals surface area (Å²) < 4.78 is 0. The molecule has 3 aliphatic carbocycles. The van der Waals surface area contributed by atoms with Gasteiger partial charge in [-0.15, -0.1) is 0 Å². The molecule has 3 nitrogen and oxygen atoms in total. The van der Waals surface area contributed by atoms with Crippen LogP contribution in [-0.2, 0) is 6.42 Å². The van der Waals surface area contributed by atoms with Crippen molar-refractivity contribution in [1.29, 1.82) is 0 Å². The second-order valence-corrected chi connectivity index (χ2v) is 7.59. The van der Waals surface area contributed by atoms with Crippen molar-refractivity contribution in [2.75, 3.05) is 0 Å². The lowest BCUT2D eigenvalue weighted by molar-refractivity contribution is -0.0505. The Morgan fingerprint density at radius 3 is 2.81 bits per heavy atom. The number of fused-ring (bicyclic) bond motifs is 5. The SMILES string of the molecule is C[C@]12CC[C@@H]3c4ccc(O)cc4CC[C@H]3[C@@H]1C[C@@H](O)C2O. The molecule has 1 aromatic carbocycles. The van der Waals surface area contributed by atoms with E-state index in [4.69, 9.17) is 0 Å². The number of benzene rings is 1. The van der Waals surface area contributed by atoms with Gasteiger partial charge in [0.1, 0.15) is 5.75 Å². The minimum Gasteiger partial charge on any atom is -0.508 e. The quantitative estimate of drug-likeness (QED) is 0.687. The molecule has 3 heteroatoms. The highest BCUT2D eigenvalue weighted by molar-refractivity contribution is 5.40. The fourth-order valence-corrected chi connectivity index (χ4v) is 5.56. The molecule has 1 aromatic rings. The third-order valence-electron chi connectivity index (χ3n) is 6.68. The van der Waals surface area contributed by atoms with Crippen LogP contribution in [0.2, 0.25) is 0 Å². The highest BCUT2D eigenvalue weighted by Crippen LogP contribution is 2.60. The van der Waals surface area contributed by atoms with Crippen molar-refractivity contribution in [2.24, 2.45) is 17.3 Å². The number of aliphatic hydroxyl groups is 2. The number of phenols is 1. The van der Waals surface area contributed by atoms with Crippen LogP contribution in [0.4, 0.5) is 0 Å². The highest BCUT2D eigenvalue weighted by Gasteiger charge is 2.57. The zero-order valence-corrected chi connectivity index (χ0v) is 12.5. The lowest BCUT2D eigenvalue weighted by atomic mass is 9.55. The van der Waals surface area contributed by atoms with Gasteiger partial charge in [0.05, 0.1) is 12.2 Å². The summed E-state index contributed by atoms with van der Waals surface area (Å²) in [6.07, 6.45) is 3.80. The molecular formula is C18H24O3. The van der Waals surface area contributed by atoms with Crippen molar-refractivity contribution in [3.05, 3.63) is 29.3 Å². The number of phenolic OH excluding ortho intramolecular Hbond substituents is 1. The first kappa shape index (κ1) is 13.6. The Balaban J connectivity index is 1.71. The van der Waals surface area contributed by atoms with Crippen molar-refractivity contribution in [3.63, 3.8) is 0 Å². The number of rotatable bonds is 0. The normalized spacial score (nSPS) is 44.8. The largest absolute Gasteiger partial charge is 0.508 e. The van der Waals surface area contributed by atoms with Crippen molar-refractivity contribution in [2.45, 2.75) is 57.2 Å². The minimum atomic E-state index is -0.565. The summed E-state index contributed by atoms with van der Waals surface area (Å²) >= 11 is 0. The second-order valence-electron chi connectivity index (χ2n) is 7.59. The molecule has 1 unspecified atom stereocenters. The number of hydrogen-bond acceptors (Lipinski definition) is 3. The Morgan fingerprint density at radius 2 is 2.00 bits per heavy atom. The number of aliphatic hydroxyl groups excluding tert-OH is 2. The molecule has 0 aromatic heterocycles. The van der Waals surface area contributed by atoms with Crippen LogP contribution in [0.15, 0.2) is 18.2 Å². The van der Waals surface area contributed by atoms with E-state index in [0.717, 1.165) is 32.1 Å². The standard InChI is InChI=1S/C18H24O3/c1-18-7-6-13-12-5-3-11(19)8-10(12)2-4-14(13)15(18)9-16(20)17(18)21/h3,5,8,13-17,19-21H,2,4,6-7,9H2,1H3/t13-,14-,15+,16-,17?,18+/m1/s1. The minimum absolute atomic E-state index is 0.116.